The quantitative estimate of drug-likeness (QED) is 0.367. The van der Waals surface area contributed by atoms with Crippen molar-refractivity contribution in [2.45, 2.75) is 26.2 Å². The van der Waals surface area contributed by atoms with Gasteiger partial charge in [0.15, 0.2) is 0 Å². The van der Waals surface area contributed by atoms with E-state index < -0.39 is 0 Å². The number of fused-ring (bicyclic) bond motifs is 5. The number of hydrogen-bond donors (Lipinski definition) is 0. The molecule has 0 radical (unpaired) electrons. The van der Waals surface area contributed by atoms with Crippen molar-refractivity contribution >= 4 is 43.2 Å². The summed E-state index contributed by atoms with van der Waals surface area (Å²) in [5.41, 5.74) is 1.27. The van der Waals surface area contributed by atoms with Gasteiger partial charge in [0.05, 0.1) is 10.4 Å². The molecule has 0 bridgehead atoms. The van der Waals surface area contributed by atoms with Crippen molar-refractivity contribution in [3.63, 3.8) is 0 Å². The Balaban J connectivity index is 2.31. The van der Waals surface area contributed by atoms with Crippen molar-refractivity contribution < 1.29 is 0 Å². The van der Waals surface area contributed by atoms with Gasteiger partial charge in [-0.2, -0.15) is 4.37 Å². The van der Waals surface area contributed by atoms with E-state index in [0.29, 0.717) is 0 Å². The van der Waals surface area contributed by atoms with Gasteiger partial charge in [-0.1, -0.05) is 63.2 Å². The zero-order valence-electron chi connectivity index (χ0n) is 12.5. The number of benzene rings is 3. The van der Waals surface area contributed by atoms with Crippen molar-refractivity contribution in [1.29, 1.82) is 0 Å². The van der Waals surface area contributed by atoms with Crippen molar-refractivity contribution in [2.24, 2.45) is 0 Å². The molecule has 0 spiro atoms. The average molecular weight is 291 g/mol. The van der Waals surface area contributed by atoms with Crippen LogP contribution in [0.5, 0.6) is 0 Å². The Labute approximate surface area is 128 Å². The van der Waals surface area contributed by atoms with Crippen LogP contribution in [0.3, 0.4) is 0 Å². The van der Waals surface area contributed by atoms with E-state index in [1.54, 1.807) is 11.5 Å². The monoisotopic (exact) mass is 291 g/mol. The third kappa shape index (κ3) is 1.86. The van der Waals surface area contributed by atoms with Crippen LogP contribution in [-0.2, 0) is 5.41 Å². The van der Waals surface area contributed by atoms with Crippen LogP contribution in [0.15, 0.2) is 48.5 Å². The van der Waals surface area contributed by atoms with E-state index in [2.05, 4.69) is 69.3 Å². The molecule has 2 heteroatoms. The maximum Gasteiger partial charge on any atom is 0.0680 e. The molecule has 0 atom stereocenters. The van der Waals surface area contributed by atoms with Gasteiger partial charge in [-0.05, 0) is 33.8 Å². The first-order valence-electron chi connectivity index (χ1n) is 7.26. The van der Waals surface area contributed by atoms with Gasteiger partial charge in [-0.15, -0.1) is 0 Å². The van der Waals surface area contributed by atoms with Gasteiger partial charge in [-0.25, -0.2) is 0 Å². The molecule has 1 aromatic heterocycles. The summed E-state index contributed by atoms with van der Waals surface area (Å²) in [7, 11) is 0. The lowest BCUT2D eigenvalue weighted by Gasteiger charge is -2.17. The van der Waals surface area contributed by atoms with Crippen LogP contribution in [0, 0.1) is 0 Å². The third-order valence-corrected chi connectivity index (χ3v) is 4.87. The predicted octanol–water partition coefficient (Wildman–Crippen LogP) is 5.90. The summed E-state index contributed by atoms with van der Waals surface area (Å²) in [6, 6.07) is 17.5. The van der Waals surface area contributed by atoms with Crippen molar-refractivity contribution in [2.75, 3.05) is 0 Å². The summed E-state index contributed by atoms with van der Waals surface area (Å²) in [6.45, 7) is 6.72. The summed E-state index contributed by atoms with van der Waals surface area (Å²) in [4.78, 5) is 0. The lowest BCUT2D eigenvalue weighted by atomic mass is 9.87. The molecule has 0 amide bonds. The van der Waals surface area contributed by atoms with Gasteiger partial charge < -0.3 is 0 Å². The summed E-state index contributed by atoms with van der Waals surface area (Å²) in [5.74, 6) is 0. The molecule has 0 unspecified atom stereocenters. The summed E-state index contributed by atoms with van der Waals surface area (Å²) < 4.78 is 6.05. The minimum Gasteiger partial charge on any atom is -0.196 e. The molecule has 0 N–H and O–H groups in total. The van der Waals surface area contributed by atoms with Crippen LogP contribution in [0.25, 0.3) is 31.6 Å². The number of nitrogens with zero attached hydrogens (tertiary/aromatic N) is 1. The van der Waals surface area contributed by atoms with Crippen LogP contribution in [0.1, 0.15) is 26.5 Å². The summed E-state index contributed by atoms with van der Waals surface area (Å²) in [6.07, 6.45) is 0. The highest BCUT2D eigenvalue weighted by Gasteiger charge is 2.22. The SMILES string of the molecule is CC(C)(C)c1nsc2ccc3ccc4ccccc4c3c12. The largest absolute Gasteiger partial charge is 0.196 e. The number of rotatable bonds is 0. The van der Waals surface area contributed by atoms with Gasteiger partial charge in [0, 0.05) is 16.2 Å². The molecule has 4 aromatic rings. The van der Waals surface area contributed by atoms with Gasteiger partial charge in [-0.3, -0.25) is 0 Å². The maximum atomic E-state index is 4.77. The second-order valence-electron chi connectivity index (χ2n) is 6.60. The van der Waals surface area contributed by atoms with E-state index >= 15 is 0 Å². The molecule has 0 aliphatic carbocycles. The Morgan fingerprint density at radius 3 is 2.33 bits per heavy atom. The minimum atomic E-state index is 0.0590. The normalized spacial score (nSPS) is 12.5. The van der Waals surface area contributed by atoms with E-state index in [0.717, 1.165) is 0 Å². The van der Waals surface area contributed by atoms with E-state index in [1.165, 1.54) is 37.3 Å². The summed E-state index contributed by atoms with van der Waals surface area (Å²) >= 11 is 1.61. The molecule has 1 nitrogen and oxygen atoms in total. The molecule has 21 heavy (non-hydrogen) atoms. The molecule has 0 fully saturated rings. The molecule has 4 rings (SSSR count). The Morgan fingerprint density at radius 1 is 0.810 bits per heavy atom. The topological polar surface area (TPSA) is 12.9 Å². The van der Waals surface area contributed by atoms with Gasteiger partial charge >= 0.3 is 0 Å². The predicted molar refractivity (Wildman–Crippen MR) is 93.3 cm³/mol. The molecule has 1 heterocycles. The lowest BCUT2D eigenvalue weighted by Crippen LogP contribution is -2.11. The molecule has 3 aromatic carbocycles. The molecule has 0 saturated carbocycles. The van der Waals surface area contributed by atoms with Gasteiger partial charge in [0.2, 0.25) is 0 Å². The average Bonchev–Trinajstić information content (AvgIpc) is 2.90. The lowest BCUT2D eigenvalue weighted by molar-refractivity contribution is 0.582. The Kier molecular flexibility index (Phi) is 2.61. The third-order valence-electron chi connectivity index (χ3n) is 4.05. The van der Waals surface area contributed by atoms with E-state index in [1.807, 2.05) is 0 Å². The standard InChI is InChI=1S/C19H17NS/c1-19(2,3)18-17-15(21-20-18)11-10-13-9-8-12-6-4-5-7-14(12)16(13)17/h4-11H,1-3H3. The molecular weight excluding hydrogens is 274 g/mol. The maximum absolute atomic E-state index is 4.77. The Hall–Kier alpha value is -1.93. The highest BCUT2D eigenvalue weighted by molar-refractivity contribution is 7.13. The van der Waals surface area contributed by atoms with Gasteiger partial charge in [0.25, 0.3) is 0 Å². The molecule has 0 saturated heterocycles. The fraction of sp³-hybridized carbons (Fsp3) is 0.211. The zero-order valence-corrected chi connectivity index (χ0v) is 13.3. The second kappa shape index (κ2) is 4.28. The molecular formula is C19H17NS. The fourth-order valence-corrected chi connectivity index (χ4v) is 4.02. The van der Waals surface area contributed by atoms with Crippen LogP contribution >= 0.6 is 11.5 Å². The zero-order chi connectivity index (χ0) is 14.6. The molecule has 0 aliphatic rings. The first kappa shape index (κ1) is 12.8. The van der Waals surface area contributed by atoms with E-state index in [4.69, 9.17) is 4.37 Å². The molecule has 104 valence electrons. The Bertz CT molecular complexity index is 973. The van der Waals surface area contributed by atoms with Gasteiger partial charge in [0.1, 0.15) is 0 Å². The molecule has 0 aliphatic heterocycles. The first-order valence-corrected chi connectivity index (χ1v) is 8.03. The minimum absolute atomic E-state index is 0.0590. The smallest absolute Gasteiger partial charge is 0.0680 e. The Morgan fingerprint density at radius 2 is 1.52 bits per heavy atom. The van der Waals surface area contributed by atoms with E-state index in [-0.39, 0.29) is 5.41 Å². The van der Waals surface area contributed by atoms with Crippen LogP contribution in [0.4, 0.5) is 0 Å². The summed E-state index contributed by atoms with van der Waals surface area (Å²) in [5, 5.41) is 6.60. The first-order chi connectivity index (χ1) is 10.1. The number of hydrogen-bond acceptors (Lipinski definition) is 2. The van der Waals surface area contributed by atoms with Crippen molar-refractivity contribution in [3.8, 4) is 0 Å². The van der Waals surface area contributed by atoms with Crippen molar-refractivity contribution in [3.05, 3.63) is 54.2 Å². The van der Waals surface area contributed by atoms with Crippen molar-refractivity contribution in [1.82, 2.24) is 4.37 Å². The van der Waals surface area contributed by atoms with Crippen LogP contribution < -0.4 is 0 Å². The highest BCUT2D eigenvalue weighted by atomic mass is 32.1. The van der Waals surface area contributed by atoms with E-state index in [9.17, 15) is 0 Å². The highest BCUT2D eigenvalue weighted by Crippen LogP contribution is 2.39. The van der Waals surface area contributed by atoms with Crippen LogP contribution in [0.2, 0.25) is 0 Å². The number of aromatic nitrogens is 1. The second-order valence-corrected chi connectivity index (χ2v) is 7.41. The van der Waals surface area contributed by atoms with Crippen LogP contribution in [-0.4, -0.2) is 4.37 Å². The fourth-order valence-electron chi connectivity index (χ4n) is 3.04.